The van der Waals surface area contributed by atoms with E-state index in [0.717, 1.165) is 12.8 Å². The molecule has 0 saturated heterocycles. The predicted octanol–water partition coefficient (Wildman–Crippen LogP) is 2.32. The second kappa shape index (κ2) is 6.89. The number of nitrogens with one attached hydrogen (secondary N) is 2. The summed E-state index contributed by atoms with van der Waals surface area (Å²) in [5.74, 6) is 0.750. The maximum atomic E-state index is 11.6. The first-order chi connectivity index (χ1) is 7.26. The molecule has 0 spiro atoms. The van der Waals surface area contributed by atoms with Gasteiger partial charge in [0.05, 0.1) is 6.54 Å². The van der Waals surface area contributed by atoms with E-state index in [-0.39, 0.29) is 11.4 Å². The lowest BCUT2D eigenvalue weighted by molar-refractivity contribution is -0.122. The highest BCUT2D eigenvalue weighted by molar-refractivity contribution is 5.78. The summed E-state index contributed by atoms with van der Waals surface area (Å²) in [5, 5.41) is 6.26. The molecule has 1 unspecified atom stereocenters. The second-order valence-electron chi connectivity index (χ2n) is 5.70. The van der Waals surface area contributed by atoms with Gasteiger partial charge < -0.3 is 10.6 Å². The van der Waals surface area contributed by atoms with Crippen molar-refractivity contribution in [2.75, 3.05) is 6.54 Å². The Hall–Kier alpha value is -0.570. The predicted molar refractivity (Wildman–Crippen MR) is 69.4 cm³/mol. The maximum absolute atomic E-state index is 11.6. The molecule has 0 bridgehead atoms. The summed E-state index contributed by atoms with van der Waals surface area (Å²) in [4.78, 5) is 11.6. The van der Waals surface area contributed by atoms with Gasteiger partial charge in [-0.2, -0.15) is 0 Å². The van der Waals surface area contributed by atoms with Crippen molar-refractivity contribution in [2.45, 2.75) is 66.0 Å². The largest absolute Gasteiger partial charge is 0.350 e. The first-order valence-corrected chi connectivity index (χ1v) is 6.31. The van der Waals surface area contributed by atoms with Crippen molar-refractivity contribution in [2.24, 2.45) is 5.92 Å². The van der Waals surface area contributed by atoms with Gasteiger partial charge in [0, 0.05) is 11.6 Å². The summed E-state index contributed by atoms with van der Waals surface area (Å²) in [5.41, 5.74) is -0.0972. The Balaban J connectivity index is 3.81. The van der Waals surface area contributed by atoms with Gasteiger partial charge in [0.25, 0.3) is 0 Å². The molecular weight excluding hydrogens is 200 g/mol. The van der Waals surface area contributed by atoms with E-state index in [1.807, 2.05) is 13.8 Å². The van der Waals surface area contributed by atoms with Crippen LogP contribution in [0.5, 0.6) is 0 Å². The Bertz CT molecular complexity index is 212. The van der Waals surface area contributed by atoms with Gasteiger partial charge in [0.2, 0.25) is 5.91 Å². The molecule has 0 aliphatic rings. The lowest BCUT2D eigenvalue weighted by Gasteiger charge is -2.25. The van der Waals surface area contributed by atoms with Gasteiger partial charge in [-0.3, -0.25) is 4.79 Å². The molecule has 0 saturated carbocycles. The summed E-state index contributed by atoms with van der Waals surface area (Å²) in [6.07, 6.45) is 2.05. The molecule has 0 aromatic rings. The van der Waals surface area contributed by atoms with E-state index in [9.17, 15) is 4.79 Å². The molecule has 0 aromatic heterocycles. The quantitative estimate of drug-likeness (QED) is 0.702. The Morgan fingerprint density at radius 3 is 2.25 bits per heavy atom. The molecule has 3 heteroatoms. The Morgan fingerprint density at radius 1 is 1.25 bits per heavy atom. The minimum Gasteiger partial charge on any atom is -0.350 e. The maximum Gasteiger partial charge on any atom is 0.234 e. The molecular formula is C13H28N2O. The zero-order valence-electron chi connectivity index (χ0n) is 11.7. The monoisotopic (exact) mass is 228 g/mol. The van der Waals surface area contributed by atoms with Gasteiger partial charge >= 0.3 is 0 Å². The van der Waals surface area contributed by atoms with Crippen molar-refractivity contribution in [3.63, 3.8) is 0 Å². The van der Waals surface area contributed by atoms with E-state index < -0.39 is 0 Å². The topological polar surface area (TPSA) is 41.1 Å². The molecule has 0 aromatic carbocycles. The Labute approximate surface area is 100 Å². The van der Waals surface area contributed by atoms with Crippen LogP contribution in [0.1, 0.15) is 54.4 Å². The van der Waals surface area contributed by atoms with Crippen LogP contribution in [0.15, 0.2) is 0 Å². The SMILES string of the molecule is CCC(C)(C)NC(=O)CNC(C)CC(C)C. The van der Waals surface area contributed by atoms with Crippen LogP contribution < -0.4 is 10.6 Å². The normalized spacial score (nSPS) is 13.9. The number of amides is 1. The van der Waals surface area contributed by atoms with Gasteiger partial charge in [-0.25, -0.2) is 0 Å². The van der Waals surface area contributed by atoms with E-state index in [1.165, 1.54) is 0 Å². The number of hydrogen-bond acceptors (Lipinski definition) is 2. The average Bonchev–Trinajstić information content (AvgIpc) is 2.13. The van der Waals surface area contributed by atoms with Crippen LogP contribution in [-0.4, -0.2) is 24.0 Å². The third-order valence-corrected chi connectivity index (χ3v) is 2.80. The van der Waals surface area contributed by atoms with Crippen LogP contribution in [0, 0.1) is 5.92 Å². The van der Waals surface area contributed by atoms with E-state index in [0.29, 0.717) is 18.5 Å². The minimum absolute atomic E-state index is 0.0856. The standard InChI is InChI=1S/C13H28N2O/c1-7-13(5,6)15-12(16)9-14-11(4)8-10(2)3/h10-11,14H,7-9H2,1-6H3,(H,15,16). The summed E-state index contributed by atoms with van der Waals surface area (Å²) in [6, 6.07) is 0.399. The van der Waals surface area contributed by atoms with Gasteiger partial charge in [-0.15, -0.1) is 0 Å². The molecule has 0 rings (SSSR count). The average molecular weight is 228 g/mol. The molecule has 0 aliphatic heterocycles. The highest BCUT2D eigenvalue weighted by Gasteiger charge is 2.17. The summed E-state index contributed by atoms with van der Waals surface area (Å²) >= 11 is 0. The van der Waals surface area contributed by atoms with Crippen molar-refractivity contribution in [3.05, 3.63) is 0 Å². The minimum atomic E-state index is -0.0972. The van der Waals surface area contributed by atoms with Gasteiger partial charge in [-0.1, -0.05) is 20.8 Å². The van der Waals surface area contributed by atoms with Crippen molar-refractivity contribution in [1.82, 2.24) is 10.6 Å². The van der Waals surface area contributed by atoms with Crippen LogP contribution in [0.25, 0.3) is 0 Å². The summed E-state index contributed by atoms with van der Waals surface area (Å²) in [7, 11) is 0. The molecule has 96 valence electrons. The zero-order chi connectivity index (χ0) is 12.8. The number of hydrogen-bond donors (Lipinski definition) is 2. The Morgan fingerprint density at radius 2 is 1.81 bits per heavy atom. The lowest BCUT2D eigenvalue weighted by Crippen LogP contribution is -2.47. The fourth-order valence-electron chi connectivity index (χ4n) is 1.57. The number of carbonyl (C=O) groups is 1. The van der Waals surface area contributed by atoms with Crippen molar-refractivity contribution in [1.29, 1.82) is 0 Å². The third-order valence-electron chi connectivity index (χ3n) is 2.80. The van der Waals surface area contributed by atoms with Crippen LogP contribution in [0.4, 0.5) is 0 Å². The molecule has 0 aliphatic carbocycles. The van der Waals surface area contributed by atoms with Crippen LogP contribution >= 0.6 is 0 Å². The first kappa shape index (κ1) is 15.4. The molecule has 1 atom stereocenters. The molecule has 0 radical (unpaired) electrons. The van der Waals surface area contributed by atoms with Gasteiger partial charge in [0.1, 0.15) is 0 Å². The summed E-state index contributed by atoms with van der Waals surface area (Å²) < 4.78 is 0. The number of carbonyl (C=O) groups excluding carboxylic acids is 1. The first-order valence-electron chi connectivity index (χ1n) is 6.31. The fourth-order valence-corrected chi connectivity index (χ4v) is 1.57. The number of rotatable bonds is 7. The van der Waals surface area contributed by atoms with Gasteiger partial charge in [-0.05, 0) is 39.5 Å². The fraction of sp³-hybridized carbons (Fsp3) is 0.923. The zero-order valence-corrected chi connectivity index (χ0v) is 11.7. The van der Waals surface area contributed by atoms with Crippen LogP contribution in [0.2, 0.25) is 0 Å². The molecule has 3 nitrogen and oxygen atoms in total. The van der Waals surface area contributed by atoms with Crippen molar-refractivity contribution < 1.29 is 4.79 Å². The molecule has 16 heavy (non-hydrogen) atoms. The lowest BCUT2D eigenvalue weighted by atomic mass is 10.0. The third kappa shape index (κ3) is 7.69. The molecule has 2 N–H and O–H groups in total. The van der Waals surface area contributed by atoms with Crippen LogP contribution in [-0.2, 0) is 4.79 Å². The van der Waals surface area contributed by atoms with E-state index in [4.69, 9.17) is 0 Å². The highest BCUT2D eigenvalue weighted by atomic mass is 16.2. The van der Waals surface area contributed by atoms with E-state index in [2.05, 4.69) is 38.3 Å². The van der Waals surface area contributed by atoms with E-state index in [1.54, 1.807) is 0 Å². The smallest absolute Gasteiger partial charge is 0.234 e. The Kier molecular flexibility index (Phi) is 6.65. The molecule has 0 fully saturated rings. The van der Waals surface area contributed by atoms with E-state index >= 15 is 0 Å². The molecule has 0 heterocycles. The second-order valence-corrected chi connectivity index (χ2v) is 5.70. The van der Waals surface area contributed by atoms with Gasteiger partial charge in [0.15, 0.2) is 0 Å². The molecule has 1 amide bonds. The van der Waals surface area contributed by atoms with Crippen molar-refractivity contribution >= 4 is 5.91 Å². The highest BCUT2D eigenvalue weighted by Crippen LogP contribution is 2.06. The summed E-state index contributed by atoms with van der Waals surface area (Å²) in [6.45, 7) is 13.1. The van der Waals surface area contributed by atoms with Crippen molar-refractivity contribution in [3.8, 4) is 0 Å². The van der Waals surface area contributed by atoms with Crippen LogP contribution in [0.3, 0.4) is 0 Å².